The molecule has 6 nitrogen and oxygen atoms in total. The van der Waals surface area contributed by atoms with E-state index in [-0.39, 0.29) is 24.0 Å². The van der Waals surface area contributed by atoms with Gasteiger partial charge in [0.1, 0.15) is 0 Å². The van der Waals surface area contributed by atoms with Crippen molar-refractivity contribution in [2.45, 2.75) is 19.8 Å². The van der Waals surface area contributed by atoms with Crippen molar-refractivity contribution in [2.75, 3.05) is 24.6 Å². The quantitative estimate of drug-likeness (QED) is 0.750. The first-order chi connectivity index (χ1) is 8.23. The molecule has 0 aromatic carbocycles. The molecule has 2 aliphatic heterocycles. The van der Waals surface area contributed by atoms with E-state index in [0.29, 0.717) is 19.4 Å². The lowest BCUT2D eigenvalue weighted by atomic mass is 9.90. The zero-order valence-corrected chi connectivity index (χ0v) is 11.1. The number of likely N-dealkylation sites (tertiary alicyclic amines) is 1. The summed E-state index contributed by atoms with van der Waals surface area (Å²) in [5, 5.41) is 9.09. The van der Waals surface area contributed by atoms with Crippen LogP contribution in [0.4, 0.5) is 0 Å². The van der Waals surface area contributed by atoms with Gasteiger partial charge < -0.3 is 10.0 Å². The van der Waals surface area contributed by atoms with E-state index >= 15 is 0 Å². The van der Waals surface area contributed by atoms with Crippen molar-refractivity contribution in [2.24, 2.45) is 11.3 Å². The van der Waals surface area contributed by atoms with Gasteiger partial charge in [0.25, 0.3) is 0 Å². The Kier molecular flexibility index (Phi) is 3.12. The highest BCUT2D eigenvalue weighted by Gasteiger charge is 2.44. The molecule has 1 N–H and O–H groups in total. The van der Waals surface area contributed by atoms with Crippen LogP contribution in [0.5, 0.6) is 0 Å². The van der Waals surface area contributed by atoms with Crippen molar-refractivity contribution >= 4 is 21.7 Å². The highest BCUT2D eigenvalue weighted by molar-refractivity contribution is 7.91. The maximum absolute atomic E-state index is 12.1. The van der Waals surface area contributed by atoms with Gasteiger partial charge in [-0.2, -0.15) is 0 Å². The Morgan fingerprint density at radius 3 is 2.50 bits per heavy atom. The lowest BCUT2D eigenvalue weighted by Crippen LogP contribution is -2.38. The topological polar surface area (TPSA) is 91.8 Å². The van der Waals surface area contributed by atoms with Gasteiger partial charge in [0.15, 0.2) is 9.84 Å². The summed E-state index contributed by atoms with van der Waals surface area (Å²) in [5.74, 6) is -1.62. The lowest BCUT2D eigenvalue weighted by molar-refractivity contribution is -0.147. The van der Waals surface area contributed by atoms with E-state index < -0.39 is 27.1 Å². The van der Waals surface area contributed by atoms with E-state index in [1.807, 2.05) is 0 Å². The monoisotopic (exact) mass is 275 g/mol. The Morgan fingerprint density at radius 2 is 2.06 bits per heavy atom. The zero-order valence-electron chi connectivity index (χ0n) is 10.3. The Balaban J connectivity index is 2.03. The molecule has 2 unspecified atom stereocenters. The van der Waals surface area contributed by atoms with Crippen LogP contribution in [0.25, 0.3) is 0 Å². The second-order valence-electron chi connectivity index (χ2n) is 5.48. The van der Waals surface area contributed by atoms with Gasteiger partial charge in [0.2, 0.25) is 5.91 Å². The predicted molar refractivity (Wildman–Crippen MR) is 63.7 cm³/mol. The fourth-order valence-electron chi connectivity index (χ4n) is 2.57. The first kappa shape index (κ1) is 13.3. The molecule has 0 radical (unpaired) electrons. The molecule has 2 atom stereocenters. The summed E-state index contributed by atoms with van der Waals surface area (Å²) in [6.45, 7) is 2.20. The summed E-state index contributed by atoms with van der Waals surface area (Å²) in [5.41, 5.74) is -0.896. The van der Waals surface area contributed by atoms with Crippen LogP contribution in [0.3, 0.4) is 0 Å². The van der Waals surface area contributed by atoms with Gasteiger partial charge >= 0.3 is 5.97 Å². The highest BCUT2D eigenvalue weighted by atomic mass is 32.2. The van der Waals surface area contributed by atoms with Crippen LogP contribution in [0.2, 0.25) is 0 Å². The van der Waals surface area contributed by atoms with Crippen molar-refractivity contribution in [1.29, 1.82) is 0 Å². The average Bonchev–Trinajstić information content (AvgIpc) is 2.82. The zero-order chi connectivity index (χ0) is 13.6. The molecule has 0 spiro atoms. The van der Waals surface area contributed by atoms with Crippen molar-refractivity contribution in [3.8, 4) is 0 Å². The number of aliphatic carboxylic acids is 1. The number of carbonyl (C=O) groups excluding carboxylic acids is 1. The van der Waals surface area contributed by atoms with E-state index in [2.05, 4.69) is 0 Å². The molecule has 2 aliphatic rings. The Labute approximate surface area is 106 Å². The number of carboxylic acid groups (broad SMARTS) is 1. The highest BCUT2D eigenvalue weighted by Crippen LogP contribution is 2.32. The normalized spacial score (nSPS) is 34.7. The van der Waals surface area contributed by atoms with Gasteiger partial charge in [-0.25, -0.2) is 8.42 Å². The molecule has 7 heteroatoms. The first-order valence-corrected chi connectivity index (χ1v) is 7.78. The van der Waals surface area contributed by atoms with Gasteiger partial charge in [-0.3, -0.25) is 9.59 Å². The van der Waals surface area contributed by atoms with Crippen LogP contribution < -0.4 is 0 Å². The maximum atomic E-state index is 12.1. The third-order valence-corrected chi connectivity index (χ3v) is 5.65. The molecule has 2 rings (SSSR count). The van der Waals surface area contributed by atoms with E-state index in [0.717, 1.165) is 0 Å². The van der Waals surface area contributed by atoms with Crippen LogP contribution in [0.15, 0.2) is 0 Å². The Morgan fingerprint density at radius 1 is 1.39 bits per heavy atom. The van der Waals surface area contributed by atoms with Crippen LogP contribution in [0, 0.1) is 11.3 Å². The van der Waals surface area contributed by atoms with E-state index in [9.17, 15) is 18.0 Å². The van der Waals surface area contributed by atoms with Crippen molar-refractivity contribution < 1.29 is 23.1 Å². The van der Waals surface area contributed by atoms with E-state index in [1.54, 1.807) is 6.92 Å². The van der Waals surface area contributed by atoms with Crippen LogP contribution in [0.1, 0.15) is 19.8 Å². The molecule has 0 aliphatic carbocycles. The number of amides is 1. The summed E-state index contributed by atoms with van der Waals surface area (Å²) in [6.07, 6.45) is 0.787. The first-order valence-electron chi connectivity index (χ1n) is 5.96. The smallest absolute Gasteiger partial charge is 0.311 e. The summed E-state index contributed by atoms with van der Waals surface area (Å²) >= 11 is 0. The fourth-order valence-corrected chi connectivity index (χ4v) is 4.30. The fraction of sp³-hybridized carbons (Fsp3) is 0.818. The number of carboxylic acids is 1. The van der Waals surface area contributed by atoms with Crippen LogP contribution in [-0.2, 0) is 19.4 Å². The molecule has 2 heterocycles. The van der Waals surface area contributed by atoms with Crippen LogP contribution in [-0.4, -0.2) is 54.9 Å². The molecular weight excluding hydrogens is 258 g/mol. The van der Waals surface area contributed by atoms with E-state index in [4.69, 9.17) is 5.11 Å². The van der Waals surface area contributed by atoms with Gasteiger partial charge in [0, 0.05) is 13.1 Å². The Bertz CT molecular complexity index is 486. The molecule has 0 saturated carbocycles. The summed E-state index contributed by atoms with van der Waals surface area (Å²) < 4.78 is 22.7. The number of hydrogen-bond acceptors (Lipinski definition) is 4. The second-order valence-corrected chi connectivity index (χ2v) is 7.70. The predicted octanol–water partition coefficient (Wildman–Crippen LogP) is -0.256. The molecule has 2 saturated heterocycles. The minimum atomic E-state index is -3.08. The Hall–Kier alpha value is -1.11. The molecular formula is C11H17NO5S. The SMILES string of the molecule is CC1(C(=O)O)CCN(C(=O)C2CCS(=O)(=O)C2)C1. The molecule has 0 bridgehead atoms. The minimum Gasteiger partial charge on any atom is -0.481 e. The molecule has 2 fully saturated rings. The molecule has 0 aromatic rings. The van der Waals surface area contributed by atoms with Crippen LogP contribution >= 0.6 is 0 Å². The summed E-state index contributed by atoms with van der Waals surface area (Å²) in [6, 6.07) is 0. The average molecular weight is 275 g/mol. The van der Waals surface area contributed by atoms with Gasteiger partial charge in [0.05, 0.1) is 22.8 Å². The van der Waals surface area contributed by atoms with Gasteiger partial charge in [-0.1, -0.05) is 0 Å². The number of carbonyl (C=O) groups is 2. The van der Waals surface area contributed by atoms with Crippen molar-refractivity contribution in [3.63, 3.8) is 0 Å². The number of sulfone groups is 1. The molecule has 1 amide bonds. The van der Waals surface area contributed by atoms with E-state index in [1.165, 1.54) is 4.90 Å². The second kappa shape index (κ2) is 4.22. The summed E-state index contributed by atoms with van der Waals surface area (Å²) in [4.78, 5) is 24.7. The summed E-state index contributed by atoms with van der Waals surface area (Å²) in [7, 11) is -3.08. The maximum Gasteiger partial charge on any atom is 0.311 e. The standard InChI is InChI=1S/C11H17NO5S/c1-11(10(14)15)3-4-12(7-11)9(13)8-2-5-18(16,17)6-8/h8H,2-7H2,1H3,(H,14,15). The number of hydrogen-bond donors (Lipinski definition) is 1. The number of rotatable bonds is 2. The third kappa shape index (κ3) is 2.36. The molecule has 102 valence electrons. The van der Waals surface area contributed by atoms with Gasteiger partial charge in [-0.15, -0.1) is 0 Å². The van der Waals surface area contributed by atoms with Crippen molar-refractivity contribution in [1.82, 2.24) is 4.90 Å². The lowest BCUT2D eigenvalue weighted by Gasteiger charge is -2.22. The van der Waals surface area contributed by atoms with Gasteiger partial charge in [-0.05, 0) is 19.8 Å². The molecule has 18 heavy (non-hydrogen) atoms. The molecule has 0 aromatic heterocycles. The largest absolute Gasteiger partial charge is 0.481 e. The number of nitrogens with zero attached hydrogens (tertiary/aromatic N) is 1. The third-order valence-electron chi connectivity index (χ3n) is 3.88. The minimum absolute atomic E-state index is 0.0629. The van der Waals surface area contributed by atoms with Crippen molar-refractivity contribution in [3.05, 3.63) is 0 Å².